The number of hydrogen-bond acceptors (Lipinski definition) is 4. The predicted octanol–water partition coefficient (Wildman–Crippen LogP) is 3.87. The first-order valence-electron chi connectivity index (χ1n) is 8.98. The zero-order chi connectivity index (χ0) is 19.8. The minimum absolute atomic E-state index is 0.136. The van der Waals surface area contributed by atoms with E-state index in [0.717, 1.165) is 28.3 Å². The van der Waals surface area contributed by atoms with Crippen molar-refractivity contribution >= 4 is 35.0 Å². The fourth-order valence-corrected chi connectivity index (χ4v) is 3.24. The monoisotopic (exact) mass is 385 g/mol. The molecule has 2 aromatic rings. The summed E-state index contributed by atoms with van der Waals surface area (Å²) in [4.78, 5) is 27.7. The highest BCUT2D eigenvalue weighted by Gasteiger charge is 2.21. The maximum absolute atomic E-state index is 12.6. The maximum atomic E-state index is 12.6. The van der Waals surface area contributed by atoms with Crippen molar-refractivity contribution in [1.82, 2.24) is 4.90 Å². The van der Waals surface area contributed by atoms with Gasteiger partial charge in [0.1, 0.15) is 0 Å². The van der Waals surface area contributed by atoms with E-state index in [-0.39, 0.29) is 18.4 Å². The summed E-state index contributed by atoms with van der Waals surface area (Å²) in [5, 5.41) is 5.89. The van der Waals surface area contributed by atoms with Crippen molar-refractivity contribution < 1.29 is 9.59 Å². The lowest BCUT2D eigenvalue weighted by Gasteiger charge is -2.24. The number of aryl methyl sites for hydroxylation is 1. The molecule has 0 fully saturated rings. The first-order chi connectivity index (χ1) is 13.0. The molecular weight excluding hydrogens is 358 g/mol. The Morgan fingerprint density at radius 3 is 2.33 bits per heavy atom. The molecule has 2 N–H and O–H groups in total. The van der Waals surface area contributed by atoms with Crippen molar-refractivity contribution in [2.24, 2.45) is 0 Å². The minimum Gasteiger partial charge on any atom is -0.325 e. The number of nitrogens with zero attached hydrogens (tertiary/aromatic N) is 1. The Hall–Kier alpha value is -2.31. The third-order valence-corrected chi connectivity index (χ3v) is 5.27. The number of benzene rings is 2. The number of anilines is 2. The van der Waals surface area contributed by atoms with Crippen LogP contribution in [0.4, 0.5) is 11.4 Å². The molecule has 0 radical (unpaired) electrons. The summed E-state index contributed by atoms with van der Waals surface area (Å²) in [7, 11) is 1.77. The summed E-state index contributed by atoms with van der Waals surface area (Å²) in [5.41, 5.74) is 2.70. The number of para-hydroxylation sites is 2. The Balaban J connectivity index is 1.95. The van der Waals surface area contributed by atoms with Crippen LogP contribution in [-0.4, -0.2) is 42.6 Å². The number of amides is 2. The van der Waals surface area contributed by atoms with Gasteiger partial charge in [0.25, 0.3) is 0 Å². The van der Waals surface area contributed by atoms with E-state index in [9.17, 15) is 9.59 Å². The molecule has 1 unspecified atom stereocenters. The molecule has 2 aromatic carbocycles. The van der Waals surface area contributed by atoms with Crippen LogP contribution < -0.4 is 10.6 Å². The van der Waals surface area contributed by atoms with Crippen molar-refractivity contribution in [2.75, 3.05) is 30.5 Å². The van der Waals surface area contributed by atoms with E-state index in [4.69, 9.17) is 0 Å². The van der Waals surface area contributed by atoms with Gasteiger partial charge < -0.3 is 10.6 Å². The molecule has 0 aliphatic heterocycles. The third-order valence-electron chi connectivity index (χ3n) is 4.47. The van der Waals surface area contributed by atoms with Gasteiger partial charge in [0, 0.05) is 10.6 Å². The average Bonchev–Trinajstić information content (AvgIpc) is 2.68. The highest BCUT2D eigenvalue weighted by molar-refractivity contribution is 7.98. The van der Waals surface area contributed by atoms with E-state index in [1.54, 1.807) is 30.6 Å². The Morgan fingerprint density at radius 1 is 1.04 bits per heavy atom. The number of carbonyl (C=O) groups is 2. The first-order valence-corrected chi connectivity index (χ1v) is 10.2. The Labute approximate surface area is 165 Å². The lowest BCUT2D eigenvalue weighted by atomic mass is 10.1. The first kappa shape index (κ1) is 21.0. The number of thioether (sulfide) groups is 1. The lowest BCUT2D eigenvalue weighted by Crippen LogP contribution is -2.43. The molecule has 0 aromatic heterocycles. The van der Waals surface area contributed by atoms with Gasteiger partial charge in [-0.15, -0.1) is 11.8 Å². The zero-order valence-corrected chi connectivity index (χ0v) is 17.1. The minimum atomic E-state index is -0.438. The van der Waals surface area contributed by atoms with Gasteiger partial charge in [-0.1, -0.05) is 37.3 Å². The lowest BCUT2D eigenvalue weighted by molar-refractivity contribution is -0.122. The molecule has 0 aliphatic rings. The number of nitrogens with one attached hydrogen (secondary N) is 2. The summed E-state index contributed by atoms with van der Waals surface area (Å²) in [5.74, 6) is -0.275. The van der Waals surface area contributed by atoms with Crippen LogP contribution in [0.1, 0.15) is 19.4 Å². The van der Waals surface area contributed by atoms with E-state index in [1.165, 1.54) is 0 Å². The van der Waals surface area contributed by atoms with Crippen LogP contribution in [0.25, 0.3) is 0 Å². The normalized spacial score (nSPS) is 11.9. The Kier molecular flexibility index (Phi) is 7.88. The van der Waals surface area contributed by atoms with E-state index in [0.29, 0.717) is 0 Å². The molecule has 144 valence electrons. The zero-order valence-electron chi connectivity index (χ0n) is 16.3. The quantitative estimate of drug-likeness (QED) is 0.677. The number of rotatable bonds is 8. The summed E-state index contributed by atoms with van der Waals surface area (Å²) >= 11 is 1.58. The number of likely N-dealkylation sites (N-methyl/N-ethyl adjacent to an activating group) is 1. The average molecular weight is 386 g/mol. The van der Waals surface area contributed by atoms with Crippen LogP contribution in [0.15, 0.2) is 53.4 Å². The largest absolute Gasteiger partial charge is 0.325 e. The molecule has 0 saturated carbocycles. The van der Waals surface area contributed by atoms with Gasteiger partial charge in [0.05, 0.1) is 18.3 Å². The Morgan fingerprint density at radius 2 is 1.67 bits per heavy atom. The van der Waals surface area contributed by atoms with Crippen LogP contribution in [0.3, 0.4) is 0 Å². The molecular formula is C21H27N3O2S. The summed E-state index contributed by atoms with van der Waals surface area (Å²) in [6.45, 7) is 3.98. The van der Waals surface area contributed by atoms with Crippen molar-refractivity contribution in [3.05, 3.63) is 54.1 Å². The van der Waals surface area contributed by atoms with Crippen molar-refractivity contribution in [3.8, 4) is 0 Å². The standard InChI is InChI=1S/C21H27N3O2S/c1-5-16-10-6-7-11-17(16)22-20(25)14-24(3)15(2)21(26)23-18-12-8-9-13-19(18)27-4/h6-13,15H,5,14H2,1-4H3,(H,22,25)(H,23,26). The number of carbonyl (C=O) groups excluding carboxylic acids is 2. The molecule has 2 rings (SSSR count). The van der Waals surface area contributed by atoms with Gasteiger partial charge >= 0.3 is 0 Å². The highest BCUT2D eigenvalue weighted by Crippen LogP contribution is 2.24. The van der Waals surface area contributed by atoms with E-state index >= 15 is 0 Å². The van der Waals surface area contributed by atoms with E-state index in [2.05, 4.69) is 17.6 Å². The van der Waals surface area contributed by atoms with Crippen LogP contribution in [-0.2, 0) is 16.0 Å². The molecule has 2 amide bonds. The van der Waals surface area contributed by atoms with Gasteiger partial charge in [0.15, 0.2) is 0 Å². The SMILES string of the molecule is CCc1ccccc1NC(=O)CN(C)C(C)C(=O)Nc1ccccc1SC. The van der Waals surface area contributed by atoms with Crippen molar-refractivity contribution in [2.45, 2.75) is 31.2 Å². The second kappa shape index (κ2) is 10.1. The second-order valence-corrected chi connectivity index (χ2v) is 7.19. The Bertz CT molecular complexity index is 795. The van der Waals surface area contributed by atoms with Gasteiger partial charge in [-0.3, -0.25) is 14.5 Å². The fraction of sp³-hybridized carbons (Fsp3) is 0.333. The molecule has 0 spiro atoms. The molecule has 0 saturated heterocycles. The summed E-state index contributed by atoms with van der Waals surface area (Å²) in [6.07, 6.45) is 2.82. The van der Waals surface area contributed by atoms with Gasteiger partial charge in [-0.05, 0) is 50.4 Å². The fourth-order valence-electron chi connectivity index (χ4n) is 2.69. The van der Waals surface area contributed by atoms with Gasteiger partial charge in [-0.2, -0.15) is 0 Å². The van der Waals surface area contributed by atoms with Crippen LogP contribution >= 0.6 is 11.8 Å². The molecule has 6 heteroatoms. The van der Waals surface area contributed by atoms with Crippen molar-refractivity contribution in [3.63, 3.8) is 0 Å². The van der Waals surface area contributed by atoms with Crippen molar-refractivity contribution in [1.29, 1.82) is 0 Å². The van der Waals surface area contributed by atoms with Crippen LogP contribution in [0, 0.1) is 0 Å². The molecule has 0 aliphatic carbocycles. The maximum Gasteiger partial charge on any atom is 0.241 e. The van der Waals surface area contributed by atoms with E-state index in [1.807, 2.05) is 54.8 Å². The molecule has 1 atom stereocenters. The molecule has 0 bridgehead atoms. The van der Waals surface area contributed by atoms with Gasteiger partial charge in [0.2, 0.25) is 11.8 Å². The molecule has 27 heavy (non-hydrogen) atoms. The van der Waals surface area contributed by atoms with Crippen LogP contribution in [0.2, 0.25) is 0 Å². The smallest absolute Gasteiger partial charge is 0.241 e. The van der Waals surface area contributed by atoms with Crippen LogP contribution in [0.5, 0.6) is 0 Å². The third kappa shape index (κ3) is 5.84. The molecule has 5 nitrogen and oxygen atoms in total. The predicted molar refractivity (Wildman–Crippen MR) is 113 cm³/mol. The summed E-state index contributed by atoms with van der Waals surface area (Å²) < 4.78 is 0. The second-order valence-electron chi connectivity index (χ2n) is 6.34. The highest BCUT2D eigenvalue weighted by atomic mass is 32.2. The van der Waals surface area contributed by atoms with E-state index < -0.39 is 6.04 Å². The summed E-state index contributed by atoms with van der Waals surface area (Å²) in [6, 6.07) is 15.0. The number of hydrogen-bond donors (Lipinski definition) is 2. The molecule has 0 heterocycles. The van der Waals surface area contributed by atoms with Gasteiger partial charge in [-0.25, -0.2) is 0 Å². The topological polar surface area (TPSA) is 61.4 Å².